The number of benzene rings is 2. The minimum absolute atomic E-state index is 0.176. The minimum Gasteiger partial charge on any atom is -0.493 e. The highest BCUT2D eigenvalue weighted by molar-refractivity contribution is 7.89. The van der Waals surface area contributed by atoms with Crippen molar-refractivity contribution in [3.05, 3.63) is 53.1 Å². The van der Waals surface area contributed by atoms with E-state index in [1.54, 1.807) is 30.2 Å². The number of piperazine rings is 1. The fourth-order valence-corrected chi connectivity index (χ4v) is 4.80. The van der Waals surface area contributed by atoms with E-state index in [4.69, 9.17) is 25.9 Å². The number of halogens is 1. The van der Waals surface area contributed by atoms with Gasteiger partial charge in [0.05, 0.1) is 24.8 Å². The lowest BCUT2D eigenvalue weighted by molar-refractivity contribution is -0.137. The molecule has 0 spiro atoms. The summed E-state index contributed by atoms with van der Waals surface area (Å²) in [6, 6.07) is 11.3. The van der Waals surface area contributed by atoms with E-state index in [2.05, 4.69) is 5.16 Å². The van der Waals surface area contributed by atoms with Gasteiger partial charge in [0, 0.05) is 36.8 Å². The van der Waals surface area contributed by atoms with Gasteiger partial charge in [-0.3, -0.25) is 4.79 Å². The summed E-state index contributed by atoms with van der Waals surface area (Å²) in [5.74, 6) is 0.939. The average Bonchev–Trinajstić information content (AvgIpc) is 2.83. The summed E-state index contributed by atoms with van der Waals surface area (Å²) in [5, 5.41) is 4.31. The zero-order chi connectivity index (χ0) is 23.8. The Kier molecular flexibility index (Phi) is 8.54. The molecule has 0 aromatic heterocycles. The van der Waals surface area contributed by atoms with Crippen LogP contribution in [0.4, 0.5) is 0 Å². The van der Waals surface area contributed by atoms with Crippen molar-refractivity contribution in [3.63, 3.8) is 0 Å². The molecule has 2 aromatic carbocycles. The summed E-state index contributed by atoms with van der Waals surface area (Å²) < 4.78 is 37.6. The van der Waals surface area contributed by atoms with Crippen LogP contribution in [-0.2, 0) is 19.7 Å². The number of hydrogen-bond donors (Lipinski definition) is 0. The van der Waals surface area contributed by atoms with Crippen LogP contribution in [-0.4, -0.2) is 76.2 Å². The first kappa shape index (κ1) is 24.8. The van der Waals surface area contributed by atoms with Crippen LogP contribution in [0.5, 0.6) is 11.5 Å². The number of ether oxygens (including phenoxy) is 2. The Hall–Kier alpha value is -2.82. The molecule has 1 aliphatic rings. The number of methoxy groups -OCH3 is 1. The molecule has 1 fully saturated rings. The molecule has 0 unspecified atom stereocenters. The largest absolute Gasteiger partial charge is 0.493 e. The van der Waals surface area contributed by atoms with Crippen molar-refractivity contribution in [1.29, 1.82) is 0 Å². The van der Waals surface area contributed by atoms with Gasteiger partial charge >= 0.3 is 0 Å². The third-order valence-corrected chi connectivity index (χ3v) is 7.16. The number of carbonyl (C=O) groups excluding carboxylic acids is 1. The molecule has 3 rings (SSSR count). The van der Waals surface area contributed by atoms with Gasteiger partial charge in [0.15, 0.2) is 18.1 Å². The van der Waals surface area contributed by atoms with Gasteiger partial charge in [-0.15, -0.1) is 0 Å². The van der Waals surface area contributed by atoms with Gasteiger partial charge in [0.2, 0.25) is 10.0 Å². The number of carbonyl (C=O) groups is 1. The van der Waals surface area contributed by atoms with E-state index in [9.17, 15) is 13.2 Å². The highest BCUT2D eigenvalue weighted by Gasteiger charge is 2.30. The van der Waals surface area contributed by atoms with Gasteiger partial charge in [0.25, 0.3) is 5.91 Å². The quantitative estimate of drug-likeness (QED) is 0.392. The summed E-state index contributed by atoms with van der Waals surface area (Å²) >= 11 is 5.83. The SMILES string of the molecule is CCOc1ccc(C=NOCC(=O)N2CCN(S(=O)(=O)c3ccc(Cl)cc3)CC2)cc1OC. The average molecular weight is 496 g/mol. The van der Waals surface area contributed by atoms with Crippen molar-refractivity contribution >= 4 is 33.7 Å². The first-order valence-corrected chi connectivity index (χ1v) is 12.2. The van der Waals surface area contributed by atoms with Crippen LogP contribution in [0.3, 0.4) is 0 Å². The van der Waals surface area contributed by atoms with Gasteiger partial charge in [-0.05, 0) is 49.4 Å². The van der Waals surface area contributed by atoms with Crippen LogP contribution < -0.4 is 9.47 Å². The van der Waals surface area contributed by atoms with Gasteiger partial charge in [0.1, 0.15) is 0 Å². The second-order valence-electron chi connectivity index (χ2n) is 7.09. The van der Waals surface area contributed by atoms with Crippen LogP contribution in [0.2, 0.25) is 5.02 Å². The molecule has 2 aromatic rings. The number of hydrogen-bond acceptors (Lipinski definition) is 7. The van der Waals surface area contributed by atoms with Crippen molar-refractivity contribution in [1.82, 2.24) is 9.21 Å². The monoisotopic (exact) mass is 495 g/mol. The first-order valence-electron chi connectivity index (χ1n) is 10.3. The van der Waals surface area contributed by atoms with Gasteiger partial charge < -0.3 is 19.2 Å². The third-order valence-electron chi connectivity index (χ3n) is 4.99. The number of oxime groups is 1. The van der Waals surface area contributed by atoms with E-state index >= 15 is 0 Å². The van der Waals surface area contributed by atoms with Crippen LogP contribution in [0.1, 0.15) is 12.5 Å². The van der Waals surface area contributed by atoms with Crippen molar-refractivity contribution < 1.29 is 27.5 Å². The molecule has 1 aliphatic heterocycles. The minimum atomic E-state index is -3.63. The van der Waals surface area contributed by atoms with Gasteiger partial charge in [-0.2, -0.15) is 4.31 Å². The summed E-state index contributed by atoms with van der Waals surface area (Å²) in [5.41, 5.74) is 0.726. The van der Waals surface area contributed by atoms with Crippen LogP contribution in [0.25, 0.3) is 0 Å². The predicted molar refractivity (Wildman–Crippen MR) is 124 cm³/mol. The zero-order valence-electron chi connectivity index (χ0n) is 18.4. The molecule has 178 valence electrons. The molecule has 1 amide bonds. The van der Waals surface area contributed by atoms with E-state index in [1.807, 2.05) is 6.92 Å². The predicted octanol–water partition coefficient (Wildman–Crippen LogP) is 2.63. The molecular weight excluding hydrogens is 470 g/mol. The second kappa shape index (κ2) is 11.4. The Morgan fingerprint density at radius 1 is 1.09 bits per heavy atom. The topological polar surface area (TPSA) is 97.7 Å². The van der Waals surface area contributed by atoms with Crippen molar-refractivity contribution in [2.24, 2.45) is 5.16 Å². The molecule has 0 radical (unpaired) electrons. The maximum absolute atomic E-state index is 12.7. The molecule has 9 nitrogen and oxygen atoms in total. The smallest absolute Gasteiger partial charge is 0.263 e. The molecule has 1 saturated heterocycles. The normalized spacial score (nSPS) is 14.9. The van der Waals surface area contributed by atoms with Gasteiger partial charge in [-0.25, -0.2) is 8.42 Å². The van der Waals surface area contributed by atoms with E-state index in [0.29, 0.717) is 23.1 Å². The Balaban J connectivity index is 1.48. The molecule has 0 bridgehead atoms. The third kappa shape index (κ3) is 6.37. The lowest BCUT2D eigenvalue weighted by atomic mass is 10.2. The number of nitrogens with zero attached hydrogens (tertiary/aromatic N) is 3. The molecule has 33 heavy (non-hydrogen) atoms. The van der Waals surface area contributed by atoms with Crippen molar-refractivity contribution in [2.45, 2.75) is 11.8 Å². The molecule has 1 heterocycles. The molecule has 0 atom stereocenters. The fraction of sp³-hybridized carbons (Fsp3) is 0.364. The number of amides is 1. The maximum atomic E-state index is 12.7. The Morgan fingerprint density at radius 2 is 1.79 bits per heavy atom. The lowest BCUT2D eigenvalue weighted by Crippen LogP contribution is -2.51. The summed E-state index contributed by atoms with van der Waals surface area (Å²) in [6.45, 7) is 3.12. The van der Waals surface area contributed by atoms with Crippen molar-refractivity contribution in [3.8, 4) is 11.5 Å². The zero-order valence-corrected chi connectivity index (χ0v) is 20.0. The van der Waals surface area contributed by atoms with Gasteiger partial charge in [-0.1, -0.05) is 16.8 Å². The number of rotatable bonds is 9. The fourth-order valence-electron chi connectivity index (χ4n) is 3.25. The molecular formula is C22H26ClN3O6S. The Morgan fingerprint density at radius 3 is 2.42 bits per heavy atom. The first-order chi connectivity index (χ1) is 15.8. The Bertz CT molecular complexity index is 1080. The maximum Gasteiger partial charge on any atom is 0.263 e. The van der Waals surface area contributed by atoms with E-state index in [1.165, 1.54) is 34.8 Å². The summed E-state index contributed by atoms with van der Waals surface area (Å²) in [6.07, 6.45) is 1.47. The molecule has 0 saturated carbocycles. The molecule has 0 N–H and O–H groups in total. The highest BCUT2D eigenvalue weighted by Crippen LogP contribution is 2.27. The molecule has 0 aliphatic carbocycles. The van der Waals surface area contributed by atoms with E-state index in [0.717, 1.165) is 5.56 Å². The number of sulfonamides is 1. The van der Waals surface area contributed by atoms with Crippen LogP contribution in [0, 0.1) is 0 Å². The standard InChI is InChI=1S/C22H26ClN3O6S/c1-3-31-20-9-4-17(14-21(20)30-2)15-24-32-16-22(27)25-10-12-26(13-11-25)33(28,29)19-7-5-18(23)6-8-19/h4-9,14-15H,3,10-13,16H2,1-2H3. The summed E-state index contributed by atoms with van der Waals surface area (Å²) in [7, 11) is -2.08. The van der Waals surface area contributed by atoms with E-state index < -0.39 is 10.0 Å². The van der Waals surface area contributed by atoms with Crippen molar-refractivity contribution in [2.75, 3.05) is 46.5 Å². The summed E-state index contributed by atoms with van der Waals surface area (Å²) in [4.78, 5) is 19.3. The lowest BCUT2D eigenvalue weighted by Gasteiger charge is -2.33. The molecule has 11 heteroatoms. The Labute approximate surface area is 198 Å². The van der Waals surface area contributed by atoms with Crippen LogP contribution in [0.15, 0.2) is 52.5 Å². The highest BCUT2D eigenvalue weighted by atomic mass is 35.5. The second-order valence-corrected chi connectivity index (χ2v) is 9.46. The van der Waals surface area contributed by atoms with Crippen LogP contribution >= 0.6 is 11.6 Å². The van der Waals surface area contributed by atoms with E-state index in [-0.39, 0.29) is 43.6 Å².